The summed E-state index contributed by atoms with van der Waals surface area (Å²) in [6.07, 6.45) is 12.4. The molecule has 5 aliphatic carbocycles. The van der Waals surface area contributed by atoms with Gasteiger partial charge in [0.05, 0.1) is 71.3 Å². The summed E-state index contributed by atoms with van der Waals surface area (Å²) in [4.78, 5) is 39.7. The molecule has 0 bridgehead atoms. The highest BCUT2D eigenvalue weighted by Gasteiger charge is 2.60. The van der Waals surface area contributed by atoms with Crippen molar-refractivity contribution < 1.29 is 35.4 Å². The fourth-order valence-corrected chi connectivity index (χ4v) is 19.4. The fraction of sp³-hybridized carbons (Fsp3) is 0.400. The maximum absolute atomic E-state index is 11.3. The Balaban J connectivity index is 0.000000117. The number of hydrogen-bond acceptors (Lipinski definition) is 18. The largest absolute Gasteiger partial charge is 0.390 e. The van der Waals surface area contributed by atoms with Crippen LogP contribution in [0.15, 0.2) is 142 Å². The van der Waals surface area contributed by atoms with Crippen LogP contribution < -0.4 is 11.5 Å². The van der Waals surface area contributed by atoms with Crippen molar-refractivity contribution in [2.24, 2.45) is 16.7 Å². The van der Waals surface area contributed by atoms with Gasteiger partial charge >= 0.3 is 0 Å². The predicted molar refractivity (Wildman–Crippen MR) is 394 cm³/mol. The monoisotopic (exact) mass is 1560 g/mol. The van der Waals surface area contributed by atoms with Crippen LogP contribution in [-0.4, -0.2) is 131 Å². The number of aliphatic hydroxyl groups is 6. The molecule has 3 spiro atoms. The van der Waals surface area contributed by atoms with Gasteiger partial charge in [-0.05, 0) is 228 Å². The summed E-state index contributed by atoms with van der Waals surface area (Å²) in [5, 5.41) is 73.3. The number of fused-ring (bicyclic) bond motifs is 6. The number of nitrogens with zero attached hydrogens (tertiary/aromatic N) is 12. The van der Waals surface area contributed by atoms with Crippen LogP contribution in [0, 0.1) is 37.5 Å². The highest BCUT2D eigenvalue weighted by molar-refractivity contribution is 9.11. The van der Waals surface area contributed by atoms with E-state index in [-0.39, 0.29) is 34.7 Å². The van der Waals surface area contributed by atoms with Crippen LogP contribution in [0.1, 0.15) is 141 Å². The quantitative estimate of drug-likeness (QED) is 0.0717. The average molecular weight is 1560 g/mol. The third-order valence-corrected chi connectivity index (χ3v) is 25.9. The van der Waals surface area contributed by atoms with E-state index in [9.17, 15) is 30.6 Å². The van der Waals surface area contributed by atoms with E-state index in [4.69, 9.17) is 27.8 Å². The van der Waals surface area contributed by atoms with Gasteiger partial charge in [0.2, 0.25) is 0 Å². The molecule has 0 amide bonds. The Morgan fingerprint density at radius 1 is 0.480 bits per heavy atom. The number of halogens is 4. The minimum atomic E-state index is -1.05. The number of rotatable bonds is 6. The molecule has 6 fully saturated rings. The van der Waals surface area contributed by atoms with Gasteiger partial charge in [0.1, 0.15) is 82.7 Å². The molecular weight excluding hydrogens is 1480 g/mol. The Kier molecular flexibility index (Phi) is 17.3. The number of nitrogens with two attached hydrogens (primary N) is 2. The molecule has 25 heteroatoms. The van der Waals surface area contributed by atoms with Gasteiger partial charge in [-0.3, -0.25) is 0 Å². The Morgan fingerprint density at radius 2 is 0.930 bits per heavy atom. The number of benzene rings is 3. The lowest BCUT2D eigenvalue weighted by Crippen LogP contribution is -2.40. The van der Waals surface area contributed by atoms with Gasteiger partial charge in [0.15, 0.2) is 6.23 Å². The first-order valence-corrected chi connectivity index (χ1v) is 36.8. The summed E-state index contributed by atoms with van der Waals surface area (Å²) in [5.74, 6) is 2.12. The van der Waals surface area contributed by atoms with Crippen molar-refractivity contribution in [1.82, 2.24) is 58.6 Å². The number of hydrogen-bond donors (Lipinski definition) is 8. The molecule has 3 aromatic carbocycles. The molecule has 16 atom stereocenters. The molecule has 21 nitrogen and oxygen atoms in total. The van der Waals surface area contributed by atoms with Crippen molar-refractivity contribution in [3.63, 3.8) is 0 Å². The average Bonchev–Trinajstić information content (AvgIpc) is 1.53. The van der Waals surface area contributed by atoms with Crippen LogP contribution in [0.25, 0.3) is 65.8 Å². The molecule has 12 aromatic rings. The van der Waals surface area contributed by atoms with Crippen molar-refractivity contribution in [2.75, 3.05) is 11.5 Å². The molecule has 5 saturated carbocycles. The van der Waals surface area contributed by atoms with Gasteiger partial charge in [0, 0.05) is 61.7 Å². The molecule has 1 saturated heterocycles. The Bertz CT molecular complexity index is 5010. The molecule has 18 rings (SSSR count). The lowest BCUT2D eigenvalue weighted by Gasteiger charge is -2.28. The minimum Gasteiger partial charge on any atom is -0.390 e. The second kappa shape index (κ2) is 25.6. The van der Waals surface area contributed by atoms with E-state index in [2.05, 4.69) is 148 Å². The zero-order chi connectivity index (χ0) is 69.6. The van der Waals surface area contributed by atoms with E-state index in [0.29, 0.717) is 53.5 Å². The highest BCUT2D eigenvalue weighted by atomic mass is 79.9. The zero-order valence-electron chi connectivity index (χ0n) is 55.3. The van der Waals surface area contributed by atoms with Crippen LogP contribution >= 0.6 is 59.4 Å². The van der Waals surface area contributed by atoms with Crippen molar-refractivity contribution in [2.45, 2.75) is 170 Å². The van der Waals surface area contributed by atoms with Gasteiger partial charge in [-0.1, -0.05) is 54.9 Å². The molecule has 10 N–H and O–H groups in total. The lowest BCUT2D eigenvalue weighted by atomic mass is 9.80. The van der Waals surface area contributed by atoms with Gasteiger partial charge in [-0.15, -0.1) is 0 Å². The van der Waals surface area contributed by atoms with Gasteiger partial charge in [0.25, 0.3) is 0 Å². The number of aromatic nitrogens is 12. The standard InChI is InChI=1S/C26H28BrN5O2.C25H26BrN5O2.C24H22BrClN4O3/c1-13-9-26(10-18(13)15-3-4-16-7-19(27)24(28)31-20(16)8-15)11-21(22(33)23(26)34)32-6-5-17-14(2)29-12-30-25(17)32;1-13-17-5-7-31(24(17)29-12-28-13)20-11-25(22(33)21(20)32)6-4-16(10-25)14-2-3-15-8-18(26)23(27)30-19(15)9-14;1-12-16-5-7-30(22(16)28-11-27-12)23-19(31)20(32)24(33-23)6-4-15(10-24)13-2-3-14-8-17(25)21(26)29-18(14)9-13/h3-8,12-13,18,21-23,33-34H,9-11H2,1-2H3,(H2,28,31);2-3,5,7-9,12,16,20-22,32-33H,4,6,10-11H2,1H3,(H2,27,30);2-3,5,7-9,11,15,19-20,23,31-32H,4,6,10H2,1H3. The molecule has 10 heterocycles. The number of aryl methyl sites for hydroxylation is 3. The number of ether oxygens (including phenoxy) is 1. The van der Waals surface area contributed by atoms with Crippen molar-refractivity contribution in [3.8, 4) is 0 Å². The van der Waals surface area contributed by atoms with E-state index in [0.717, 1.165) is 141 Å². The van der Waals surface area contributed by atoms with E-state index in [1.54, 1.807) is 17.2 Å². The summed E-state index contributed by atoms with van der Waals surface area (Å²) in [5.41, 5.74) is 21.7. The van der Waals surface area contributed by atoms with E-state index < -0.39 is 48.5 Å². The summed E-state index contributed by atoms with van der Waals surface area (Å²) in [6, 6.07) is 30.4. The molecular formula is C75H76Br3ClN14O7. The van der Waals surface area contributed by atoms with Crippen LogP contribution in [0.3, 0.4) is 0 Å². The summed E-state index contributed by atoms with van der Waals surface area (Å²) in [7, 11) is 0. The van der Waals surface area contributed by atoms with Crippen LogP contribution in [0.5, 0.6) is 0 Å². The number of pyridine rings is 3. The molecule has 0 radical (unpaired) electrons. The van der Waals surface area contributed by atoms with Crippen molar-refractivity contribution >= 4 is 137 Å². The van der Waals surface area contributed by atoms with Gasteiger partial charge < -0.3 is 60.5 Å². The molecule has 16 unspecified atom stereocenters. The predicted octanol–water partition coefficient (Wildman–Crippen LogP) is 13.4. The van der Waals surface area contributed by atoms with Crippen LogP contribution in [0.4, 0.5) is 11.6 Å². The first-order chi connectivity index (χ1) is 48.0. The molecule has 516 valence electrons. The summed E-state index contributed by atoms with van der Waals surface area (Å²) in [6.45, 7) is 8.09. The third kappa shape index (κ3) is 11.4. The normalized spacial score (nSPS) is 30.2. The fourth-order valence-electron chi connectivity index (χ4n) is 18.3. The Labute approximate surface area is 605 Å². The zero-order valence-corrected chi connectivity index (χ0v) is 60.8. The van der Waals surface area contributed by atoms with Crippen LogP contribution in [-0.2, 0) is 4.74 Å². The summed E-state index contributed by atoms with van der Waals surface area (Å²) < 4.78 is 14.7. The van der Waals surface area contributed by atoms with Crippen LogP contribution in [0.2, 0.25) is 5.15 Å². The topological polar surface area (TPSA) is 313 Å². The second-order valence-corrected chi connectivity index (χ2v) is 32.0. The van der Waals surface area contributed by atoms with Crippen molar-refractivity contribution in [3.05, 3.63) is 181 Å². The lowest BCUT2D eigenvalue weighted by molar-refractivity contribution is -0.0987. The highest BCUT2D eigenvalue weighted by Crippen LogP contribution is 2.62. The van der Waals surface area contributed by atoms with E-state index in [1.165, 1.54) is 17.5 Å². The number of anilines is 2. The third-order valence-electron chi connectivity index (χ3n) is 23.5. The summed E-state index contributed by atoms with van der Waals surface area (Å²) >= 11 is 16.5. The minimum absolute atomic E-state index is 0.185. The molecule has 100 heavy (non-hydrogen) atoms. The smallest absolute Gasteiger partial charge is 0.164 e. The van der Waals surface area contributed by atoms with Gasteiger partial charge in [-0.2, -0.15) is 0 Å². The van der Waals surface area contributed by atoms with E-state index >= 15 is 0 Å². The van der Waals surface area contributed by atoms with Crippen molar-refractivity contribution in [1.29, 1.82) is 0 Å². The second-order valence-electron chi connectivity index (χ2n) is 29.1. The first-order valence-electron chi connectivity index (χ1n) is 34.1. The molecule has 6 aliphatic rings. The van der Waals surface area contributed by atoms with Gasteiger partial charge in [-0.25, -0.2) is 44.9 Å². The maximum atomic E-state index is 11.3. The molecule has 9 aromatic heterocycles. The Morgan fingerprint density at radius 3 is 1.48 bits per heavy atom. The first kappa shape index (κ1) is 67.3. The number of nitrogen functional groups attached to an aromatic ring is 2. The molecule has 1 aliphatic heterocycles. The number of aliphatic hydroxyl groups excluding tert-OH is 6. The SMILES string of the molecule is Cc1ncnc2c1ccn2C1CC2(CC(C)C(c3ccc4cc(Br)c(N)nc4c3)C2)C(O)C1O.Cc1ncnc2c1ccn2C1CC2(CCC(c3ccc4cc(Br)c(N)nc4c3)C2)C(O)C1O.Cc1ncnc2c1ccn2C1OC2(CCC(c3ccc4cc(Br)c(Cl)nc4c3)C2)C(O)C1O. The Hall–Kier alpha value is -7.20. The maximum Gasteiger partial charge on any atom is 0.164 e. The van der Waals surface area contributed by atoms with E-state index in [1.807, 2.05) is 91.0 Å².